The van der Waals surface area contributed by atoms with Gasteiger partial charge in [-0.25, -0.2) is 4.79 Å². The molecule has 88 valence electrons. The number of rotatable bonds is 6. The Kier molecular flexibility index (Phi) is 4.72. The summed E-state index contributed by atoms with van der Waals surface area (Å²) in [6, 6.07) is 1.97. The summed E-state index contributed by atoms with van der Waals surface area (Å²) in [5, 5.41) is 16.0. The number of aryl methyl sites for hydroxylation is 1. The van der Waals surface area contributed by atoms with Crippen molar-refractivity contribution >= 4 is 5.97 Å². The highest BCUT2D eigenvalue weighted by Crippen LogP contribution is 1.94. The Balaban J connectivity index is 2.17. The summed E-state index contributed by atoms with van der Waals surface area (Å²) in [6.45, 7) is 2.95. The van der Waals surface area contributed by atoms with Crippen molar-refractivity contribution in [3.8, 4) is 0 Å². The highest BCUT2D eigenvalue weighted by Gasteiger charge is 1.98. The number of hydrogen-bond acceptors (Lipinski definition) is 3. The molecule has 0 aromatic carbocycles. The van der Waals surface area contributed by atoms with Gasteiger partial charge in [-0.15, -0.1) is 0 Å². The number of nitrogens with zero attached hydrogens (tertiary/aromatic N) is 2. The minimum atomic E-state index is -0.869. The Morgan fingerprint density at radius 2 is 2.44 bits per heavy atom. The monoisotopic (exact) mass is 223 g/mol. The van der Waals surface area contributed by atoms with Crippen LogP contribution in [0.5, 0.6) is 0 Å². The lowest BCUT2D eigenvalue weighted by Gasteiger charge is -1.99. The van der Waals surface area contributed by atoms with Gasteiger partial charge in [0.1, 0.15) is 0 Å². The quantitative estimate of drug-likeness (QED) is 0.547. The number of carbonyl (C=O) groups is 1. The Labute approximate surface area is 94.8 Å². The first-order chi connectivity index (χ1) is 7.59. The Morgan fingerprint density at radius 3 is 3.00 bits per heavy atom. The van der Waals surface area contributed by atoms with Crippen LogP contribution < -0.4 is 5.32 Å². The molecule has 0 aliphatic heterocycles. The van der Waals surface area contributed by atoms with Crippen LogP contribution in [0.1, 0.15) is 12.6 Å². The van der Waals surface area contributed by atoms with Crippen molar-refractivity contribution in [2.75, 3.05) is 13.1 Å². The summed E-state index contributed by atoms with van der Waals surface area (Å²) in [5.74, 6) is -0.869. The van der Waals surface area contributed by atoms with Crippen LogP contribution in [-0.2, 0) is 18.3 Å². The molecule has 0 spiro atoms. The summed E-state index contributed by atoms with van der Waals surface area (Å²) in [4.78, 5) is 10.5. The van der Waals surface area contributed by atoms with Crippen molar-refractivity contribution in [1.82, 2.24) is 15.1 Å². The van der Waals surface area contributed by atoms with E-state index in [2.05, 4.69) is 10.4 Å². The van der Waals surface area contributed by atoms with Crippen LogP contribution in [0, 0.1) is 0 Å². The molecule has 0 amide bonds. The van der Waals surface area contributed by atoms with Crippen molar-refractivity contribution in [2.45, 2.75) is 13.3 Å². The van der Waals surface area contributed by atoms with E-state index in [9.17, 15) is 4.79 Å². The summed E-state index contributed by atoms with van der Waals surface area (Å²) >= 11 is 0. The van der Waals surface area contributed by atoms with Crippen LogP contribution in [0.4, 0.5) is 0 Å². The molecule has 0 saturated heterocycles. The van der Waals surface area contributed by atoms with Crippen LogP contribution in [0.3, 0.4) is 0 Å². The minimum Gasteiger partial charge on any atom is -0.478 e. The first-order valence-electron chi connectivity index (χ1n) is 5.19. The van der Waals surface area contributed by atoms with Gasteiger partial charge in [-0.2, -0.15) is 5.10 Å². The normalized spacial score (nSPS) is 11.8. The molecule has 1 rings (SSSR count). The molecule has 16 heavy (non-hydrogen) atoms. The zero-order chi connectivity index (χ0) is 12.0. The molecule has 2 N–H and O–H groups in total. The van der Waals surface area contributed by atoms with Gasteiger partial charge in [0.25, 0.3) is 0 Å². The molecule has 0 aliphatic carbocycles. The Bertz CT molecular complexity index is 382. The average molecular weight is 223 g/mol. The number of nitrogens with one attached hydrogen (secondary N) is 1. The average Bonchev–Trinajstić information content (AvgIpc) is 2.63. The van der Waals surface area contributed by atoms with Gasteiger partial charge in [-0.1, -0.05) is 6.08 Å². The number of carboxylic acids is 1. The number of aliphatic carboxylic acids is 1. The van der Waals surface area contributed by atoms with E-state index in [1.807, 2.05) is 19.3 Å². The second-order valence-corrected chi connectivity index (χ2v) is 3.63. The minimum absolute atomic E-state index is 0.366. The third kappa shape index (κ3) is 4.27. The molecule has 1 aromatic rings. The van der Waals surface area contributed by atoms with E-state index >= 15 is 0 Å². The highest BCUT2D eigenvalue weighted by molar-refractivity contribution is 5.85. The van der Waals surface area contributed by atoms with E-state index in [4.69, 9.17) is 5.11 Å². The van der Waals surface area contributed by atoms with Gasteiger partial charge in [-0.05, 0) is 13.0 Å². The van der Waals surface area contributed by atoms with E-state index in [1.165, 1.54) is 0 Å². The van der Waals surface area contributed by atoms with E-state index in [0.29, 0.717) is 12.1 Å². The maximum Gasteiger partial charge on any atom is 0.330 e. The molecule has 5 heteroatoms. The molecule has 0 saturated carbocycles. The summed E-state index contributed by atoms with van der Waals surface area (Å²) < 4.78 is 1.77. The van der Waals surface area contributed by atoms with Crippen molar-refractivity contribution in [3.63, 3.8) is 0 Å². The second-order valence-electron chi connectivity index (χ2n) is 3.63. The van der Waals surface area contributed by atoms with Gasteiger partial charge < -0.3 is 10.4 Å². The zero-order valence-electron chi connectivity index (χ0n) is 9.60. The maximum atomic E-state index is 10.5. The van der Waals surface area contributed by atoms with Crippen molar-refractivity contribution in [2.24, 2.45) is 7.05 Å². The lowest BCUT2D eigenvalue weighted by atomic mass is 10.3. The summed E-state index contributed by atoms with van der Waals surface area (Å²) in [6.07, 6.45) is 4.42. The molecule has 0 aliphatic rings. The smallest absolute Gasteiger partial charge is 0.330 e. The van der Waals surface area contributed by atoms with Crippen molar-refractivity contribution in [3.05, 3.63) is 29.6 Å². The molecule has 0 atom stereocenters. The van der Waals surface area contributed by atoms with E-state index < -0.39 is 5.97 Å². The fourth-order valence-corrected chi connectivity index (χ4v) is 1.23. The Morgan fingerprint density at radius 1 is 1.69 bits per heavy atom. The molecule has 1 heterocycles. The van der Waals surface area contributed by atoms with Gasteiger partial charge >= 0.3 is 5.97 Å². The number of carboxylic acid groups (broad SMARTS) is 1. The van der Waals surface area contributed by atoms with E-state index in [-0.39, 0.29) is 0 Å². The molecule has 0 radical (unpaired) electrons. The van der Waals surface area contributed by atoms with Crippen LogP contribution in [0.25, 0.3) is 0 Å². The fraction of sp³-hybridized carbons (Fsp3) is 0.455. The van der Waals surface area contributed by atoms with Gasteiger partial charge in [0, 0.05) is 38.3 Å². The van der Waals surface area contributed by atoms with Gasteiger partial charge in [0.15, 0.2) is 0 Å². The highest BCUT2D eigenvalue weighted by atomic mass is 16.4. The van der Waals surface area contributed by atoms with Crippen molar-refractivity contribution < 1.29 is 9.90 Å². The standard InChI is InChI=1S/C11H17N3O2/c1-9(11(15)16)3-6-12-7-4-10-5-8-14(2)13-10/h3,5,8,12H,4,6-7H2,1-2H3,(H,15,16)/b9-3-. The predicted molar refractivity (Wildman–Crippen MR) is 61.2 cm³/mol. The summed E-state index contributed by atoms with van der Waals surface area (Å²) in [5.41, 5.74) is 1.40. The lowest BCUT2D eigenvalue weighted by molar-refractivity contribution is -0.132. The second kappa shape index (κ2) is 6.07. The SMILES string of the molecule is C/C(=C/CNCCc1ccn(C)n1)C(=O)O. The molecular weight excluding hydrogens is 206 g/mol. The van der Waals surface area contributed by atoms with Crippen LogP contribution in [0.2, 0.25) is 0 Å². The van der Waals surface area contributed by atoms with Crippen molar-refractivity contribution in [1.29, 1.82) is 0 Å². The van der Waals surface area contributed by atoms with Crippen LogP contribution in [-0.4, -0.2) is 33.9 Å². The molecule has 0 unspecified atom stereocenters. The molecule has 1 aromatic heterocycles. The molecular formula is C11H17N3O2. The molecule has 0 bridgehead atoms. The van der Waals surface area contributed by atoms with Gasteiger partial charge in [0.2, 0.25) is 0 Å². The van der Waals surface area contributed by atoms with Crippen LogP contribution in [0.15, 0.2) is 23.9 Å². The number of hydrogen-bond donors (Lipinski definition) is 2. The zero-order valence-corrected chi connectivity index (χ0v) is 9.60. The largest absolute Gasteiger partial charge is 0.478 e. The Hall–Kier alpha value is -1.62. The third-order valence-electron chi connectivity index (χ3n) is 2.22. The fourth-order valence-electron chi connectivity index (χ4n) is 1.23. The van der Waals surface area contributed by atoms with Crippen LogP contribution >= 0.6 is 0 Å². The van der Waals surface area contributed by atoms with E-state index in [1.54, 1.807) is 17.7 Å². The maximum absolute atomic E-state index is 10.5. The first-order valence-corrected chi connectivity index (χ1v) is 5.19. The third-order valence-corrected chi connectivity index (χ3v) is 2.22. The first kappa shape index (κ1) is 12.4. The topological polar surface area (TPSA) is 67.2 Å². The molecule has 5 nitrogen and oxygen atoms in total. The van der Waals surface area contributed by atoms with Gasteiger partial charge in [-0.3, -0.25) is 4.68 Å². The molecule has 0 fully saturated rings. The van der Waals surface area contributed by atoms with Gasteiger partial charge in [0.05, 0.1) is 5.69 Å². The number of aromatic nitrogens is 2. The summed E-state index contributed by atoms with van der Waals surface area (Å²) in [7, 11) is 1.88. The predicted octanol–water partition coefficient (Wildman–Crippen LogP) is 0.583. The van der Waals surface area contributed by atoms with E-state index in [0.717, 1.165) is 18.7 Å². The lowest BCUT2D eigenvalue weighted by Crippen LogP contribution is -2.18.